The second-order valence-electron chi connectivity index (χ2n) is 4.63. The van der Waals surface area contributed by atoms with E-state index in [1.165, 1.54) is 11.1 Å². The Balaban J connectivity index is 1.75. The van der Waals surface area contributed by atoms with E-state index in [1.54, 1.807) is 0 Å². The number of aryl methyl sites for hydroxylation is 1. The molecule has 0 spiro atoms. The Morgan fingerprint density at radius 2 is 2.20 bits per heavy atom. The van der Waals surface area contributed by atoms with Gasteiger partial charge in [-0.05, 0) is 44.0 Å². The van der Waals surface area contributed by atoms with Crippen LogP contribution in [-0.4, -0.2) is 30.6 Å². The average molecular weight is 291 g/mol. The van der Waals surface area contributed by atoms with Crippen LogP contribution < -0.4 is 10.7 Å². The number of benzene rings is 1. The maximum Gasteiger partial charge on any atom is 0.186 e. The molecule has 0 saturated heterocycles. The average Bonchev–Trinajstić information content (AvgIpc) is 2.88. The molecule has 2 rings (SSSR count). The first-order chi connectivity index (χ1) is 9.81. The summed E-state index contributed by atoms with van der Waals surface area (Å²) >= 11 is 5.20. The highest BCUT2D eigenvalue weighted by Crippen LogP contribution is 2.21. The van der Waals surface area contributed by atoms with Gasteiger partial charge in [0, 0.05) is 25.3 Å². The molecule has 0 bridgehead atoms. The Labute approximate surface area is 125 Å². The van der Waals surface area contributed by atoms with Crippen molar-refractivity contribution in [2.45, 2.75) is 26.2 Å². The number of ether oxygens (including phenoxy) is 1. The quantitative estimate of drug-likeness (QED) is 0.479. The molecule has 0 atom stereocenters. The fourth-order valence-electron chi connectivity index (χ4n) is 2.20. The van der Waals surface area contributed by atoms with Crippen LogP contribution in [0.25, 0.3) is 0 Å². The Hall–Kier alpha value is -1.46. The second kappa shape index (κ2) is 7.97. The monoisotopic (exact) mass is 291 g/mol. The summed E-state index contributed by atoms with van der Waals surface area (Å²) in [6.45, 7) is 4.31. The summed E-state index contributed by atoms with van der Waals surface area (Å²) in [5.74, 6) is 0. The van der Waals surface area contributed by atoms with Crippen molar-refractivity contribution in [1.29, 1.82) is 0 Å². The Bertz CT molecular complexity index is 488. The summed E-state index contributed by atoms with van der Waals surface area (Å²) < 4.78 is 5.26. The van der Waals surface area contributed by atoms with E-state index in [9.17, 15) is 0 Å². The molecule has 0 aliphatic heterocycles. The molecule has 0 heterocycles. The van der Waals surface area contributed by atoms with Gasteiger partial charge in [-0.15, -0.1) is 0 Å². The van der Waals surface area contributed by atoms with Gasteiger partial charge in [0.2, 0.25) is 0 Å². The van der Waals surface area contributed by atoms with Crippen molar-refractivity contribution >= 4 is 23.0 Å². The first kappa shape index (κ1) is 14.9. The summed E-state index contributed by atoms with van der Waals surface area (Å²) in [6.07, 6.45) is 2.97. The van der Waals surface area contributed by atoms with E-state index in [1.807, 2.05) is 13.0 Å². The van der Waals surface area contributed by atoms with Gasteiger partial charge in [0.25, 0.3) is 0 Å². The zero-order chi connectivity index (χ0) is 14.2. The van der Waals surface area contributed by atoms with Crippen LogP contribution >= 0.6 is 12.2 Å². The number of rotatable bonds is 6. The molecule has 0 aromatic heterocycles. The van der Waals surface area contributed by atoms with Gasteiger partial charge in [-0.1, -0.05) is 24.3 Å². The van der Waals surface area contributed by atoms with Crippen LogP contribution in [0.5, 0.6) is 0 Å². The van der Waals surface area contributed by atoms with E-state index in [0.29, 0.717) is 5.11 Å². The molecule has 0 saturated carbocycles. The van der Waals surface area contributed by atoms with Gasteiger partial charge in [-0.25, -0.2) is 0 Å². The Kier molecular flexibility index (Phi) is 5.95. The highest BCUT2D eigenvalue weighted by molar-refractivity contribution is 7.80. The zero-order valence-corrected chi connectivity index (χ0v) is 12.6. The SMILES string of the molecule is CCOCCCNC(=S)N/N=C1/CCc2ccccc21. The summed E-state index contributed by atoms with van der Waals surface area (Å²) in [5, 5.41) is 8.10. The topological polar surface area (TPSA) is 45.6 Å². The van der Waals surface area contributed by atoms with E-state index in [2.05, 4.69) is 34.0 Å². The van der Waals surface area contributed by atoms with Crippen LogP contribution in [0.1, 0.15) is 30.9 Å². The molecule has 1 aromatic carbocycles. The molecule has 20 heavy (non-hydrogen) atoms. The van der Waals surface area contributed by atoms with Crippen molar-refractivity contribution in [2.24, 2.45) is 5.10 Å². The molecule has 1 aromatic rings. The predicted molar refractivity (Wildman–Crippen MR) is 86.1 cm³/mol. The minimum absolute atomic E-state index is 0.568. The molecule has 0 unspecified atom stereocenters. The molecular formula is C15H21N3OS. The summed E-state index contributed by atoms with van der Waals surface area (Å²) in [4.78, 5) is 0. The summed E-state index contributed by atoms with van der Waals surface area (Å²) in [7, 11) is 0. The number of hydrogen-bond donors (Lipinski definition) is 2. The maximum absolute atomic E-state index is 5.26. The van der Waals surface area contributed by atoms with Crippen LogP contribution in [0, 0.1) is 0 Å². The van der Waals surface area contributed by atoms with Crippen molar-refractivity contribution in [1.82, 2.24) is 10.7 Å². The third-order valence-electron chi connectivity index (χ3n) is 3.21. The van der Waals surface area contributed by atoms with Crippen LogP contribution in [0.4, 0.5) is 0 Å². The molecular weight excluding hydrogens is 270 g/mol. The van der Waals surface area contributed by atoms with Crippen molar-refractivity contribution in [2.75, 3.05) is 19.8 Å². The number of hydrogen-bond acceptors (Lipinski definition) is 3. The first-order valence-electron chi connectivity index (χ1n) is 7.07. The fourth-order valence-corrected chi connectivity index (χ4v) is 2.35. The van der Waals surface area contributed by atoms with E-state index in [-0.39, 0.29) is 0 Å². The lowest BCUT2D eigenvalue weighted by atomic mass is 10.1. The molecule has 0 fully saturated rings. The third-order valence-corrected chi connectivity index (χ3v) is 3.44. The van der Waals surface area contributed by atoms with Crippen molar-refractivity contribution in [3.05, 3.63) is 35.4 Å². The van der Waals surface area contributed by atoms with E-state index in [0.717, 1.165) is 44.7 Å². The predicted octanol–water partition coefficient (Wildman–Crippen LogP) is 2.23. The largest absolute Gasteiger partial charge is 0.382 e. The fraction of sp³-hybridized carbons (Fsp3) is 0.467. The lowest BCUT2D eigenvalue weighted by Gasteiger charge is -2.08. The van der Waals surface area contributed by atoms with Gasteiger partial charge in [0.1, 0.15) is 0 Å². The van der Waals surface area contributed by atoms with Gasteiger partial charge >= 0.3 is 0 Å². The maximum atomic E-state index is 5.26. The molecule has 4 nitrogen and oxygen atoms in total. The molecule has 1 aliphatic rings. The van der Waals surface area contributed by atoms with Crippen LogP contribution in [-0.2, 0) is 11.2 Å². The Morgan fingerprint density at radius 3 is 3.05 bits per heavy atom. The van der Waals surface area contributed by atoms with Gasteiger partial charge in [-0.2, -0.15) is 5.10 Å². The normalized spacial score (nSPS) is 15.2. The number of fused-ring (bicyclic) bond motifs is 1. The number of nitrogens with zero attached hydrogens (tertiary/aromatic N) is 1. The number of hydrazone groups is 1. The van der Waals surface area contributed by atoms with Gasteiger partial charge in [-0.3, -0.25) is 5.43 Å². The van der Waals surface area contributed by atoms with Gasteiger partial charge in [0.15, 0.2) is 5.11 Å². The lowest BCUT2D eigenvalue weighted by Crippen LogP contribution is -2.33. The van der Waals surface area contributed by atoms with Crippen molar-refractivity contribution in [3.8, 4) is 0 Å². The molecule has 5 heteroatoms. The Morgan fingerprint density at radius 1 is 1.35 bits per heavy atom. The van der Waals surface area contributed by atoms with Crippen molar-refractivity contribution < 1.29 is 4.74 Å². The van der Waals surface area contributed by atoms with E-state index < -0.39 is 0 Å². The third kappa shape index (κ3) is 4.28. The van der Waals surface area contributed by atoms with Crippen LogP contribution in [0.2, 0.25) is 0 Å². The van der Waals surface area contributed by atoms with Gasteiger partial charge < -0.3 is 10.1 Å². The molecule has 108 valence electrons. The van der Waals surface area contributed by atoms with E-state index in [4.69, 9.17) is 17.0 Å². The summed E-state index contributed by atoms with van der Waals surface area (Å²) in [5.41, 5.74) is 6.61. The molecule has 0 radical (unpaired) electrons. The van der Waals surface area contributed by atoms with Crippen LogP contribution in [0.3, 0.4) is 0 Å². The molecule has 2 N–H and O–H groups in total. The molecule has 1 aliphatic carbocycles. The lowest BCUT2D eigenvalue weighted by molar-refractivity contribution is 0.145. The number of nitrogens with one attached hydrogen (secondary N) is 2. The first-order valence-corrected chi connectivity index (χ1v) is 7.48. The summed E-state index contributed by atoms with van der Waals surface area (Å²) in [6, 6.07) is 8.38. The minimum atomic E-state index is 0.568. The highest BCUT2D eigenvalue weighted by Gasteiger charge is 2.16. The highest BCUT2D eigenvalue weighted by atomic mass is 32.1. The van der Waals surface area contributed by atoms with Crippen molar-refractivity contribution in [3.63, 3.8) is 0 Å². The smallest absolute Gasteiger partial charge is 0.186 e. The standard InChI is InChI=1S/C15H21N3OS/c1-2-19-11-5-10-16-15(20)18-17-14-9-8-12-6-3-4-7-13(12)14/h3-4,6-7H,2,5,8-11H2,1H3,(H2,16,18,20)/b17-14-. The second-order valence-corrected chi connectivity index (χ2v) is 5.04. The number of thiocarbonyl (C=S) groups is 1. The molecule has 0 amide bonds. The van der Waals surface area contributed by atoms with Crippen LogP contribution in [0.15, 0.2) is 29.4 Å². The minimum Gasteiger partial charge on any atom is -0.382 e. The van der Waals surface area contributed by atoms with Gasteiger partial charge in [0.05, 0.1) is 5.71 Å². The van der Waals surface area contributed by atoms with E-state index >= 15 is 0 Å². The zero-order valence-electron chi connectivity index (χ0n) is 11.8.